The van der Waals surface area contributed by atoms with Crippen LogP contribution in [0.5, 0.6) is 0 Å². The van der Waals surface area contributed by atoms with Crippen LogP contribution in [0.4, 0.5) is 16.2 Å². The number of carbonyl (C=O) groups is 1. The minimum atomic E-state index is -0.451. The zero-order valence-corrected chi connectivity index (χ0v) is 43.7. The van der Waals surface area contributed by atoms with E-state index in [4.69, 9.17) is 74.3 Å². The van der Waals surface area contributed by atoms with Crippen LogP contribution >= 0.6 is 82.0 Å². The van der Waals surface area contributed by atoms with Gasteiger partial charge in [0.15, 0.2) is 0 Å². The van der Waals surface area contributed by atoms with E-state index >= 15 is 0 Å². The van der Waals surface area contributed by atoms with Crippen molar-refractivity contribution < 1.29 is 9.53 Å². The normalized spacial score (nSPS) is 20.3. The highest BCUT2D eigenvalue weighted by molar-refractivity contribution is 6.37. The molecule has 0 aliphatic carbocycles. The van der Waals surface area contributed by atoms with Gasteiger partial charge in [-0.15, -0.1) is 12.4 Å². The minimum Gasteiger partial charge on any atom is -0.444 e. The number of rotatable bonds is 10. The van der Waals surface area contributed by atoms with E-state index in [0.29, 0.717) is 26.0 Å². The van der Waals surface area contributed by atoms with Crippen LogP contribution in [0.3, 0.4) is 0 Å². The molecule has 1 N–H and O–H groups in total. The number of nitrogens with one attached hydrogen (secondary N) is 1. The summed E-state index contributed by atoms with van der Waals surface area (Å²) >= 11 is 37.8. The van der Waals surface area contributed by atoms with E-state index in [-0.39, 0.29) is 30.6 Å². The molecule has 4 saturated heterocycles. The predicted molar refractivity (Wildman–Crippen MR) is 281 cm³/mol. The molecule has 66 heavy (non-hydrogen) atoms. The summed E-state index contributed by atoms with van der Waals surface area (Å²) in [6.07, 6.45) is 6.90. The van der Waals surface area contributed by atoms with Crippen LogP contribution in [-0.2, 0) is 4.74 Å². The molecule has 0 spiro atoms. The number of likely N-dealkylation sites (tertiary alicyclic amines) is 1. The summed E-state index contributed by atoms with van der Waals surface area (Å²) < 4.78 is 5.54. The Morgan fingerprint density at radius 1 is 0.576 bits per heavy atom. The van der Waals surface area contributed by atoms with E-state index in [1.165, 1.54) is 43.5 Å². The first-order chi connectivity index (χ1) is 31.2. The monoisotopic (exact) mass is 1040 g/mol. The summed E-state index contributed by atoms with van der Waals surface area (Å²) in [6.45, 7) is 17.6. The molecule has 4 heterocycles. The summed E-state index contributed by atoms with van der Waals surface area (Å²) in [5, 5.41) is 7.66. The molecule has 4 aliphatic rings. The molecule has 15 heteroatoms. The first-order valence-electron chi connectivity index (χ1n) is 23.3. The Morgan fingerprint density at radius 2 is 0.985 bits per heavy atom. The number of hydrogen-bond donors (Lipinski definition) is 1. The van der Waals surface area contributed by atoms with Gasteiger partial charge in [0.25, 0.3) is 0 Å². The van der Waals surface area contributed by atoms with Crippen molar-refractivity contribution in [1.82, 2.24) is 20.0 Å². The number of halogens is 7. The lowest BCUT2D eigenvalue weighted by molar-refractivity contribution is 0.0177. The molecule has 0 unspecified atom stereocenters. The summed E-state index contributed by atoms with van der Waals surface area (Å²) in [5.74, 6) is 1.48. The highest BCUT2D eigenvalue weighted by atomic mass is 35.5. The number of nitrogens with zero attached hydrogens (tertiary/aromatic N) is 5. The lowest BCUT2D eigenvalue weighted by Crippen LogP contribution is -2.49. The number of ether oxygens (including phenoxy) is 1. The van der Waals surface area contributed by atoms with Crippen LogP contribution in [0, 0.1) is 11.8 Å². The van der Waals surface area contributed by atoms with Crippen LogP contribution in [0.25, 0.3) is 0 Å². The Kier molecular flexibility index (Phi) is 20.1. The molecule has 0 bridgehead atoms. The van der Waals surface area contributed by atoms with Gasteiger partial charge in [-0.1, -0.05) is 93.9 Å². The molecule has 8 rings (SSSR count). The van der Waals surface area contributed by atoms with Crippen molar-refractivity contribution >= 4 is 99.5 Å². The van der Waals surface area contributed by atoms with Gasteiger partial charge in [-0.05, 0) is 169 Å². The minimum absolute atomic E-state index is 0. The molecule has 0 radical (unpaired) electrons. The van der Waals surface area contributed by atoms with Crippen LogP contribution in [0.15, 0.2) is 84.9 Å². The summed E-state index contributed by atoms with van der Waals surface area (Å²) in [7, 11) is 0. The second kappa shape index (κ2) is 25.0. The zero-order valence-electron chi connectivity index (χ0n) is 38.3. The topological polar surface area (TPSA) is 54.5 Å². The van der Waals surface area contributed by atoms with Crippen molar-refractivity contribution in [3.63, 3.8) is 0 Å². The quantitative estimate of drug-likeness (QED) is 0.170. The number of carbonyl (C=O) groups excluding carboxylic acids is 1. The van der Waals surface area contributed by atoms with E-state index in [1.54, 1.807) is 0 Å². The Balaban J connectivity index is 0.000000220. The second-order valence-corrected chi connectivity index (χ2v) is 21.6. The third-order valence-corrected chi connectivity index (χ3v) is 14.9. The van der Waals surface area contributed by atoms with Gasteiger partial charge in [0.1, 0.15) is 5.60 Å². The van der Waals surface area contributed by atoms with Crippen LogP contribution in [-0.4, -0.2) is 105 Å². The van der Waals surface area contributed by atoms with Crippen molar-refractivity contribution in [2.75, 3.05) is 88.3 Å². The number of piperazine rings is 2. The molecular formula is C51H65Cl7N6O2. The van der Waals surface area contributed by atoms with Crippen molar-refractivity contribution in [2.45, 2.75) is 77.0 Å². The molecule has 2 atom stereocenters. The first kappa shape index (κ1) is 53.0. The first-order valence-corrected chi connectivity index (χ1v) is 25.5. The molecule has 4 fully saturated rings. The zero-order chi connectivity index (χ0) is 46.1. The van der Waals surface area contributed by atoms with Gasteiger partial charge in [0.05, 0.1) is 33.5 Å². The van der Waals surface area contributed by atoms with Gasteiger partial charge in [0.2, 0.25) is 0 Å². The van der Waals surface area contributed by atoms with E-state index in [2.05, 4.69) is 49.2 Å². The molecule has 8 nitrogen and oxygen atoms in total. The van der Waals surface area contributed by atoms with Gasteiger partial charge >= 0.3 is 6.09 Å². The molecule has 4 aliphatic heterocycles. The average molecular weight is 1040 g/mol. The fourth-order valence-electron chi connectivity index (χ4n) is 9.66. The number of piperidine rings is 2. The van der Waals surface area contributed by atoms with Crippen molar-refractivity contribution in [3.8, 4) is 0 Å². The predicted octanol–water partition coefficient (Wildman–Crippen LogP) is 13.9. The molecule has 4 aromatic carbocycles. The van der Waals surface area contributed by atoms with Crippen molar-refractivity contribution in [1.29, 1.82) is 0 Å². The van der Waals surface area contributed by atoms with E-state index in [9.17, 15) is 4.79 Å². The Morgan fingerprint density at radius 3 is 1.39 bits per heavy atom. The van der Waals surface area contributed by atoms with E-state index in [1.807, 2.05) is 86.3 Å². The second-order valence-electron chi connectivity index (χ2n) is 19.0. The Labute approximate surface area is 429 Å². The van der Waals surface area contributed by atoms with Crippen LogP contribution < -0.4 is 15.1 Å². The van der Waals surface area contributed by atoms with Gasteiger partial charge in [-0.25, -0.2) is 4.79 Å². The van der Waals surface area contributed by atoms with Crippen LogP contribution in [0.1, 0.15) is 82.5 Å². The molecule has 4 aromatic rings. The fraction of sp³-hybridized carbons (Fsp3) is 0.510. The summed E-state index contributed by atoms with van der Waals surface area (Å²) in [5.41, 5.74) is 4.10. The van der Waals surface area contributed by atoms with Gasteiger partial charge in [0, 0.05) is 72.4 Å². The van der Waals surface area contributed by atoms with E-state index in [0.717, 1.165) is 112 Å². The van der Waals surface area contributed by atoms with Crippen molar-refractivity contribution in [3.05, 3.63) is 126 Å². The maximum Gasteiger partial charge on any atom is 0.410 e. The number of amides is 1. The van der Waals surface area contributed by atoms with Gasteiger partial charge < -0.3 is 24.8 Å². The molecule has 0 aromatic heterocycles. The standard InChI is InChI=1S/C28H36Cl3N3O2.C23H28Cl3N3.ClH/c1-28(2,3)36-27(35)33-14-11-20(12-15-33)10-13-32-16-17-34(25-9-8-23(30)18-24(25)31)26(19-32)21-4-6-22(29)7-5-21;24-19-3-1-18(2-4-19)23-16-28(12-9-17-7-10-27-11-8-17)13-14-29(23)22-6-5-20(25)15-21(22)26;/h4-9,18,20,26H,10-17,19H2,1-3H3;1-6,15,17,23,27H,7-14,16H2;1H/t26-;23-;/m00./s1. The molecule has 0 saturated carbocycles. The van der Waals surface area contributed by atoms with E-state index < -0.39 is 5.60 Å². The number of hydrogen-bond acceptors (Lipinski definition) is 7. The highest BCUT2D eigenvalue weighted by Crippen LogP contribution is 2.39. The maximum absolute atomic E-state index is 12.4. The fourth-order valence-corrected chi connectivity index (χ4v) is 10.9. The lowest BCUT2D eigenvalue weighted by Gasteiger charge is -2.44. The van der Waals surface area contributed by atoms with Gasteiger partial charge in [-0.3, -0.25) is 9.80 Å². The van der Waals surface area contributed by atoms with Gasteiger partial charge in [-0.2, -0.15) is 0 Å². The summed E-state index contributed by atoms with van der Waals surface area (Å²) in [4.78, 5) is 24.2. The number of benzene rings is 4. The van der Waals surface area contributed by atoms with Crippen molar-refractivity contribution in [2.24, 2.45) is 11.8 Å². The third-order valence-electron chi connectivity index (χ3n) is 13.3. The Hall–Kier alpha value is -2.34. The SMILES string of the molecule is CC(C)(C)OC(=O)N1CCC(CCN2CCN(c3ccc(Cl)cc3Cl)[C@H](c3ccc(Cl)cc3)C2)CC1.Cl.Clc1ccc([C@@H]2CN(CCC3CCNCC3)CCN2c2ccc(Cl)cc2Cl)cc1. The Bertz CT molecular complexity index is 2150. The lowest BCUT2D eigenvalue weighted by atomic mass is 9.93. The molecular weight excluding hydrogens is 977 g/mol. The highest BCUT2D eigenvalue weighted by Gasteiger charge is 2.33. The smallest absolute Gasteiger partial charge is 0.410 e. The number of anilines is 2. The molecule has 1 amide bonds. The average Bonchev–Trinajstić information content (AvgIpc) is 3.28. The maximum atomic E-state index is 12.4. The largest absolute Gasteiger partial charge is 0.444 e. The summed E-state index contributed by atoms with van der Waals surface area (Å²) in [6, 6.07) is 28.3. The van der Waals surface area contributed by atoms with Crippen LogP contribution in [0.2, 0.25) is 30.1 Å². The molecule has 360 valence electrons. The third kappa shape index (κ3) is 15.1.